The van der Waals surface area contributed by atoms with E-state index in [9.17, 15) is 21.6 Å². The van der Waals surface area contributed by atoms with Gasteiger partial charge in [0.25, 0.3) is 10.0 Å². The smallest absolute Gasteiger partial charge is 0.326 e. The first-order chi connectivity index (χ1) is 9.18. The Labute approximate surface area is 117 Å². The summed E-state index contributed by atoms with van der Waals surface area (Å²) in [6.45, 7) is 3.33. The van der Waals surface area contributed by atoms with Crippen LogP contribution in [0.2, 0.25) is 0 Å². The molecule has 1 aromatic carbocycles. The van der Waals surface area contributed by atoms with Gasteiger partial charge >= 0.3 is 6.03 Å². The molecule has 0 radical (unpaired) electrons. The number of sulfone groups is 1. The average Bonchev–Trinajstić information content (AvgIpc) is 2.26. The maximum Gasteiger partial charge on any atom is 0.326 e. The van der Waals surface area contributed by atoms with Gasteiger partial charge in [0.15, 0.2) is 9.84 Å². The number of rotatable bonds is 6. The first kappa shape index (κ1) is 16.2. The Morgan fingerprint density at radius 3 is 2.40 bits per heavy atom. The van der Waals surface area contributed by atoms with Crippen molar-refractivity contribution in [1.29, 1.82) is 0 Å². The van der Waals surface area contributed by atoms with Gasteiger partial charge in [-0.25, -0.2) is 26.4 Å². The summed E-state index contributed by atoms with van der Waals surface area (Å²) in [6, 6.07) is 4.23. The summed E-state index contributed by atoms with van der Waals surface area (Å²) in [6.07, 6.45) is 1.22. The second-order valence-corrected chi connectivity index (χ2v) is 7.68. The fourth-order valence-corrected chi connectivity index (χ4v) is 3.96. The van der Waals surface area contributed by atoms with E-state index in [1.807, 2.05) is 0 Å². The third-order valence-corrected chi connectivity index (χ3v) is 5.19. The third kappa shape index (κ3) is 4.35. The average molecular weight is 318 g/mol. The molecule has 0 fully saturated rings. The lowest BCUT2D eigenvalue weighted by atomic mass is 10.2. The van der Waals surface area contributed by atoms with Crippen LogP contribution in [0.15, 0.2) is 41.8 Å². The van der Waals surface area contributed by atoms with Gasteiger partial charge in [-0.05, 0) is 11.6 Å². The number of hydrogen-bond donors (Lipinski definition) is 2. The lowest BCUT2D eigenvalue weighted by Gasteiger charge is -2.10. The molecular formula is C11H14N2O5S2. The van der Waals surface area contributed by atoms with E-state index < -0.39 is 31.6 Å². The van der Waals surface area contributed by atoms with Gasteiger partial charge in [-0.3, -0.25) is 0 Å². The normalized spacial score (nSPS) is 11.8. The van der Waals surface area contributed by atoms with Crippen molar-refractivity contribution >= 4 is 25.9 Å². The molecule has 0 spiro atoms. The largest absolute Gasteiger partial charge is 0.351 e. The number of nitrogens with two attached hydrogens (primary N) is 1. The summed E-state index contributed by atoms with van der Waals surface area (Å²) in [5.41, 5.74) is 4.84. The second-order valence-electron chi connectivity index (χ2n) is 3.92. The zero-order valence-electron chi connectivity index (χ0n) is 10.4. The van der Waals surface area contributed by atoms with Crippen LogP contribution in [0.25, 0.3) is 0 Å². The number of sulfonamides is 1. The maximum absolute atomic E-state index is 11.9. The van der Waals surface area contributed by atoms with Gasteiger partial charge in [0.05, 0.1) is 16.4 Å². The van der Waals surface area contributed by atoms with Crippen LogP contribution < -0.4 is 10.5 Å². The number of urea groups is 1. The zero-order valence-corrected chi connectivity index (χ0v) is 12.1. The molecule has 0 aliphatic carbocycles. The van der Waals surface area contributed by atoms with Crippen LogP contribution in [0, 0.1) is 0 Å². The Hall–Kier alpha value is -1.87. The predicted octanol–water partition coefficient (Wildman–Crippen LogP) is 0.144. The fraction of sp³-hybridized carbons (Fsp3) is 0.182. The van der Waals surface area contributed by atoms with Crippen LogP contribution in [0.4, 0.5) is 4.79 Å². The Bertz CT molecular complexity index is 723. The van der Waals surface area contributed by atoms with Crippen LogP contribution in [-0.2, 0) is 25.6 Å². The lowest BCUT2D eigenvalue weighted by Crippen LogP contribution is -2.35. The number of carbonyl (C=O) groups excluding carboxylic acids is 1. The van der Waals surface area contributed by atoms with Gasteiger partial charge in [-0.15, -0.1) is 6.58 Å². The highest BCUT2D eigenvalue weighted by atomic mass is 32.2. The first-order valence-electron chi connectivity index (χ1n) is 5.39. The highest BCUT2D eigenvalue weighted by molar-refractivity contribution is 7.91. The quantitative estimate of drug-likeness (QED) is 0.722. The third-order valence-electron chi connectivity index (χ3n) is 2.24. The number of hydrogen-bond acceptors (Lipinski definition) is 5. The molecule has 0 aromatic heterocycles. The van der Waals surface area contributed by atoms with E-state index in [1.165, 1.54) is 30.3 Å². The predicted molar refractivity (Wildman–Crippen MR) is 74.0 cm³/mol. The Morgan fingerprint density at radius 2 is 1.85 bits per heavy atom. The molecule has 0 aliphatic heterocycles. The van der Waals surface area contributed by atoms with Crippen molar-refractivity contribution in [3.63, 3.8) is 0 Å². The maximum atomic E-state index is 11.9. The number of primary amides is 1. The first-order valence-corrected chi connectivity index (χ1v) is 8.70. The molecule has 20 heavy (non-hydrogen) atoms. The number of amides is 2. The summed E-state index contributed by atoms with van der Waals surface area (Å²) >= 11 is 0. The molecule has 110 valence electrons. The standard InChI is InChI=1S/C11H14N2O5S2/c1-2-7-19(15,16)8-9-5-3-4-6-10(9)20(17,18)13-11(12)14/h2-6H,1,7-8H2,(H3,12,13,14). The molecule has 0 aliphatic rings. The summed E-state index contributed by atoms with van der Waals surface area (Å²) in [4.78, 5) is 10.4. The summed E-state index contributed by atoms with van der Waals surface area (Å²) < 4.78 is 48.8. The van der Waals surface area contributed by atoms with Crippen molar-refractivity contribution in [1.82, 2.24) is 4.72 Å². The van der Waals surface area contributed by atoms with Crippen LogP contribution >= 0.6 is 0 Å². The Balaban J connectivity index is 3.25. The van der Waals surface area contributed by atoms with E-state index in [0.29, 0.717) is 0 Å². The van der Waals surface area contributed by atoms with Gasteiger partial charge in [0, 0.05) is 0 Å². The van der Waals surface area contributed by atoms with E-state index in [-0.39, 0.29) is 16.2 Å². The van der Waals surface area contributed by atoms with Crippen molar-refractivity contribution in [2.24, 2.45) is 5.73 Å². The van der Waals surface area contributed by atoms with Crippen molar-refractivity contribution in [3.8, 4) is 0 Å². The molecule has 0 saturated heterocycles. The van der Waals surface area contributed by atoms with Gasteiger partial charge < -0.3 is 5.73 Å². The van der Waals surface area contributed by atoms with Gasteiger partial charge in [-0.1, -0.05) is 24.3 Å². The van der Waals surface area contributed by atoms with Crippen LogP contribution in [0.3, 0.4) is 0 Å². The molecular weight excluding hydrogens is 304 g/mol. The van der Waals surface area contributed by atoms with Crippen LogP contribution in [0.1, 0.15) is 5.56 Å². The molecule has 1 rings (SSSR count). The van der Waals surface area contributed by atoms with Crippen LogP contribution in [-0.4, -0.2) is 28.6 Å². The molecule has 0 bridgehead atoms. The minimum atomic E-state index is -4.19. The minimum Gasteiger partial charge on any atom is -0.351 e. The Kier molecular flexibility index (Phi) is 4.90. The monoisotopic (exact) mass is 318 g/mol. The molecule has 1 aromatic rings. The van der Waals surface area contributed by atoms with E-state index in [1.54, 1.807) is 4.72 Å². The number of benzene rings is 1. The molecule has 0 saturated carbocycles. The molecule has 3 N–H and O–H groups in total. The molecule has 2 amide bonds. The molecule has 0 unspecified atom stereocenters. The molecule has 9 heteroatoms. The van der Waals surface area contributed by atoms with Crippen molar-refractivity contribution in [2.45, 2.75) is 10.6 Å². The number of carbonyl (C=O) groups is 1. The summed E-state index contributed by atoms with van der Waals surface area (Å²) in [5, 5.41) is 0. The minimum absolute atomic E-state index is 0.0584. The number of nitrogens with one attached hydrogen (secondary N) is 1. The molecule has 0 heterocycles. The van der Waals surface area contributed by atoms with Crippen molar-refractivity contribution < 1.29 is 21.6 Å². The van der Waals surface area contributed by atoms with Gasteiger partial charge in [-0.2, -0.15) is 0 Å². The molecule has 7 nitrogen and oxygen atoms in total. The highest BCUT2D eigenvalue weighted by Gasteiger charge is 2.22. The van der Waals surface area contributed by atoms with E-state index in [0.717, 1.165) is 0 Å². The van der Waals surface area contributed by atoms with E-state index >= 15 is 0 Å². The van der Waals surface area contributed by atoms with Crippen molar-refractivity contribution in [3.05, 3.63) is 42.5 Å². The fourth-order valence-electron chi connectivity index (χ4n) is 1.55. The Morgan fingerprint density at radius 1 is 1.25 bits per heavy atom. The van der Waals surface area contributed by atoms with E-state index in [2.05, 4.69) is 6.58 Å². The van der Waals surface area contributed by atoms with Crippen molar-refractivity contribution in [2.75, 3.05) is 5.75 Å². The SMILES string of the molecule is C=CCS(=O)(=O)Cc1ccccc1S(=O)(=O)NC(N)=O. The topological polar surface area (TPSA) is 123 Å². The van der Waals surface area contributed by atoms with Gasteiger partial charge in [0.2, 0.25) is 0 Å². The van der Waals surface area contributed by atoms with Crippen LogP contribution in [0.5, 0.6) is 0 Å². The summed E-state index contributed by atoms with van der Waals surface area (Å²) in [5.74, 6) is -0.751. The zero-order chi connectivity index (χ0) is 15.4. The molecule has 0 atom stereocenters. The van der Waals surface area contributed by atoms with E-state index in [4.69, 9.17) is 5.73 Å². The summed E-state index contributed by atoms with van der Waals surface area (Å²) in [7, 11) is -7.71. The highest BCUT2D eigenvalue weighted by Crippen LogP contribution is 2.18. The van der Waals surface area contributed by atoms with Gasteiger partial charge in [0.1, 0.15) is 0 Å². The lowest BCUT2D eigenvalue weighted by molar-refractivity contribution is 0.253. The second kappa shape index (κ2) is 6.06.